The van der Waals surface area contributed by atoms with E-state index >= 15 is 0 Å². The number of H-pyrrole nitrogens is 1. The minimum atomic E-state index is 0.0328. The molecule has 1 aliphatic heterocycles. The number of aryl methyl sites for hydroxylation is 1. The third-order valence-corrected chi connectivity index (χ3v) is 5.04. The van der Waals surface area contributed by atoms with Gasteiger partial charge in [-0.25, -0.2) is 4.79 Å². The van der Waals surface area contributed by atoms with Crippen LogP contribution in [0.15, 0.2) is 23.0 Å². The molecule has 1 N–H and O–H groups in total. The number of nitrogens with one attached hydrogen (secondary N) is 1. The van der Waals surface area contributed by atoms with Gasteiger partial charge < -0.3 is 4.98 Å². The van der Waals surface area contributed by atoms with Crippen molar-refractivity contribution in [2.45, 2.75) is 38.0 Å². The lowest BCUT2D eigenvalue weighted by atomic mass is 10.1. The van der Waals surface area contributed by atoms with Crippen molar-refractivity contribution < 1.29 is 0 Å². The van der Waals surface area contributed by atoms with Gasteiger partial charge in [0.1, 0.15) is 0 Å². The number of benzene rings is 1. The summed E-state index contributed by atoms with van der Waals surface area (Å²) >= 11 is 2.01. The molecule has 96 valence electrons. The molecule has 2 heterocycles. The van der Waals surface area contributed by atoms with Gasteiger partial charge in [-0.05, 0) is 37.1 Å². The van der Waals surface area contributed by atoms with Crippen molar-refractivity contribution in [2.75, 3.05) is 5.75 Å². The second-order valence-electron chi connectivity index (χ2n) is 5.00. The fraction of sp³-hybridized carbons (Fsp3) is 0.500. The monoisotopic (exact) mass is 262 g/mol. The minimum absolute atomic E-state index is 0.0328. The number of aromatic amines is 1. The molecule has 1 saturated heterocycles. The normalized spacial score (nSPS) is 20.4. The summed E-state index contributed by atoms with van der Waals surface area (Å²) in [7, 11) is 0. The lowest BCUT2D eigenvalue weighted by molar-refractivity contribution is 0.581. The summed E-state index contributed by atoms with van der Waals surface area (Å²) in [5, 5.41) is 0.593. The van der Waals surface area contributed by atoms with Crippen LogP contribution in [0.5, 0.6) is 0 Å². The van der Waals surface area contributed by atoms with E-state index in [4.69, 9.17) is 0 Å². The van der Waals surface area contributed by atoms with Crippen LogP contribution in [0.4, 0.5) is 0 Å². The van der Waals surface area contributed by atoms with Gasteiger partial charge in [0, 0.05) is 11.8 Å². The minimum Gasteiger partial charge on any atom is -0.306 e. The van der Waals surface area contributed by atoms with Crippen LogP contribution < -0.4 is 5.69 Å². The molecule has 1 aromatic heterocycles. The van der Waals surface area contributed by atoms with Crippen LogP contribution in [0.1, 0.15) is 24.8 Å². The molecule has 0 spiro atoms. The van der Waals surface area contributed by atoms with Crippen LogP contribution in [0.2, 0.25) is 0 Å². The first kappa shape index (κ1) is 11.9. The Morgan fingerprint density at radius 1 is 1.44 bits per heavy atom. The predicted octanol–water partition coefficient (Wildman–Crippen LogP) is 2.92. The van der Waals surface area contributed by atoms with E-state index in [1.54, 1.807) is 0 Å². The van der Waals surface area contributed by atoms with Crippen LogP contribution in [0.25, 0.3) is 11.0 Å². The summed E-state index contributed by atoms with van der Waals surface area (Å²) in [4.78, 5) is 15.0. The standard InChI is InChI=1S/C14H18N2OS/c1-10-5-4-7-12-13(10)16(14(17)15-12)9-11-6-2-3-8-18-11/h4-5,7,11H,2-3,6,8-9H2,1H3,(H,15,17). The third kappa shape index (κ3) is 2.09. The average Bonchev–Trinajstić information content (AvgIpc) is 2.69. The van der Waals surface area contributed by atoms with Crippen molar-refractivity contribution in [3.8, 4) is 0 Å². The SMILES string of the molecule is Cc1cccc2[nH]c(=O)n(CC3CCCCS3)c12. The maximum Gasteiger partial charge on any atom is 0.326 e. The van der Waals surface area contributed by atoms with Crippen LogP contribution in [-0.4, -0.2) is 20.6 Å². The van der Waals surface area contributed by atoms with E-state index in [2.05, 4.69) is 18.0 Å². The summed E-state index contributed by atoms with van der Waals surface area (Å²) in [6.07, 6.45) is 3.85. The molecule has 0 aliphatic carbocycles. The molecule has 1 aromatic carbocycles. The van der Waals surface area contributed by atoms with Crippen LogP contribution in [0, 0.1) is 6.92 Å². The fourth-order valence-electron chi connectivity index (χ4n) is 2.73. The Morgan fingerprint density at radius 2 is 2.33 bits per heavy atom. The van der Waals surface area contributed by atoms with Crippen molar-refractivity contribution in [2.24, 2.45) is 0 Å². The Hall–Kier alpha value is -1.16. The van der Waals surface area contributed by atoms with Gasteiger partial charge in [-0.15, -0.1) is 0 Å². The van der Waals surface area contributed by atoms with Gasteiger partial charge >= 0.3 is 5.69 Å². The molecular formula is C14H18N2OS. The molecule has 0 amide bonds. The maximum absolute atomic E-state index is 12.1. The Balaban J connectivity index is 2.00. The molecule has 0 radical (unpaired) electrons. The summed E-state index contributed by atoms with van der Waals surface area (Å²) < 4.78 is 1.92. The zero-order valence-corrected chi connectivity index (χ0v) is 11.4. The molecular weight excluding hydrogens is 244 g/mol. The van der Waals surface area contributed by atoms with E-state index in [1.807, 2.05) is 28.5 Å². The Bertz CT molecular complexity index is 608. The van der Waals surface area contributed by atoms with Crippen molar-refractivity contribution >= 4 is 22.8 Å². The van der Waals surface area contributed by atoms with Gasteiger partial charge in [0.15, 0.2) is 0 Å². The van der Waals surface area contributed by atoms with Crippen LogP contribution in [-0.2, 0) is 6.54 Å². The molecule has 0 saturated carbocycles. The van der Waals surface area contributed by atoms with E-state index in [9.17, 15) is 4.79 Å². The number of hydrogen-bond donors (Lipinski definition) is 1. The fourth-order valence-corrected chi connectivity index (χ4v) is 4.02. The van der Waals surface area contributed by atoms with Crippen molar-refractivity contribution in [3.05, 3.63) is 34.2 Å². The molecule has 1 fully saturated rings. The van der Waals surface area contributed by atoms with Crippen LogP contribution >= 0.6 is 11.8 Å². The van der Waals surface area contributed by atoms with Crippen LogP contribution in [0.3, 0.4) is 0 Å². The molecule has 18 heavy (non-hydrogen) atoms. The number of hydrogen-bond acceptors (Lipinski definition) is 2. The van der Waals surface area contributed by atoms with Crippen molar-refractivity contribution in [1.29, 1.82) is 0 Å². The van der Waals surface area contributed by atoms with E-state index in [0.717, 1.165) is 17.6 Å². The zero-order valence-electron chi connectivity index (χ0n) is 10.6. The highest BCUT2D eigenvalue weighted by molar-refractivity contribution is 7.99. The lowest BCUT2D eigenvalue weighted by Gasteiger charge is -2.21. The van der Waals surface area contributed by atoms with Gasteiger partial charge in [0.25, 0.3) is 0 Å². The summed E-state index contributed by atoms with van der Waals surface area (Å²) in [6, 6.07) is 6.04. The quantitative estimate of drug-likeness (QED) is 0.903. The molecule has 0 bridgehead atoms. The Morgan fingerprint density at radius 3 is 3.11 bits per heavy atom. The molecule has 3 nitrogen and oxygen atoms in total. The summed E-state index contributed by atoms with van der Waals surface area (Å²) in [5.41, 5.74) is 3.24. The van der Waals surface area contributed by atoms with Crippen molar-refractivity contribution in [3.63, 3.8) is 0 Å². The van der Waals surface area contributed by atoms with E-state index < -0.39 is 0 Å². The zero-order chi connectivity index (χ0) is 12.5. The van der Waals surface area contributed by atoms with Gasteiger partial charge in [-0.3, -0.25) is 4.57 Å². The van der Waals surface area contributed by atoms with Gasteiger partial charge in [-0.2, -0.15) is 11.8 Å². The number of thioether (sulfide) groups is 1. The molecule has 1 aliphatic rings. The molecule has 1 unspecified atom stereocenters. The first-order valence-corrected chi connectivity index (χ1v) is 7.60. The molecule has 4 heteroatoms. The predicted molar refractivity (Wildman–Crippen MR) is 77.4 cm³/mol. The topological polar surface area (TPSA) is 37.8 Å². The average molecular weight is 262 g/mol. The smallest absolute Gasteiger partial charge is 0.306 e. The molecule has 3 rings (SSSR count). The largest absolute Gasteiger partial charge is 0.326 e. The number of nitrogens with zero attached hydrogens (tertiary/aromatic N) is 1. The second-order valence-corrected chi connectivity index (χ2v) is 6.41. The Labute approximate surface area is 111 Å². The third-order valence-electron chi connectivity index (χ3n) is 3.65. The van der Waals surface area contributed by atoms with Gasteiger partial charge in [0.05, 0.1) is 11.0 Å². The number of para-hydroxylation sites is 1. The number of rotatable bonds is 2. The van der Waals surface area contributed by atoms with Gasteiger partial charge in [0.2, 0.25) is 0 Å². The summed E-state index contributed by atoms with van der Waals surface area (Å²) in [5.74, 6) is 1.24. The summed E-state index contributed by atoms with van der Waals surface area (Å²) in [6.45, 7) is 2.91. The highest BCUT2D eigenvalue weighted by atomic mass is 32.2. The molecule has 2 aromatic rings. The van der Waals surface area contributed by atoms with Gasteiger partial charge in [-0.1, -0.05) is 18.6 Å². The highest BCUT2D eigenvalue weighted by Crippen LogP contribution is 2.27. The first-order chi connectivity index (χ1) is 8.75. The number of imidazole rings is 1. The van der Waals surface area contributed by atoms with E-state index in [1.165, 1.54) is 30.6 Å². The second kappa shape index (κ2) is 4.84. The first-order valence-electron chi connectivity index (χ1n) is 6.55. The number of fused-ring (bicyclic) bond motifs is 1. The Kier molecular flexibility index (Phi) is 3.20. The molecule has 1 atom stereocenters. The van der Waals surface area contributed by atoms with E-state index in [-0.39, 0.29) is 5.69 Å². The maximum atomic E-state index is 12.1. The lowest BCUT2D eigenvalue weighted by Crippen LogP contribution is -2.25. The van der Waals surface area contributed by atoms with E-state index in [0.29, 0.717) is 5.25 Å². The highest BCUT2D eigenvalue weighted by Gasteiger charge is 2.17. The number of aromatic nitrogens is 2. The van der Waals surface area contributed by atoms with Crippen molar-refractivity contribution in [1.82, 2.24) is 9.55 Å².